The molecule has 0 amide bonds. The maximum absolute atomic E-state index is 13.0. The van der Waals surface area contributed by atoms with Crippen LogP contribution in [0, 0.1) is 5.82 Å². The van der Waals surface area contributed by atoms with Crippen LogP contribution in [0.5, 0.6) is 5.75 Å². The number of benzene rings is 2. The molecule has 0 radical (unpaired) electrons. The number of rotatable bonds is 2. The molecular weight excluding hydrogens is 281 g/mol. The number of para-hydroxylation sites is 2. The van der Waals surface area contributed by atoms with Crippen molar-refractivity contribution in [3.8, 4) is 17.1 Å². The van der Waals surface area contributed by atoms with Gasteiger partial charge in [0.1, 0.15) is 17.4 Å². The highest BCUT2D eigenvalue weighted by Crippen LogP contribution is 2.33. The molecule has 22 heavy (non-hydrogen) atoms. The number of aromatic amines is 1. The van der Waals surface area contributed by atoms with Gasteiger partial charge < -0.3 is 15.0 Å². The van der Waals surface area contributed by atoms with Crippen molar-refractivity contribution in [3.63, 3.8) is 0 Å². The van der Waals surface area contributed by atoms with E-state index in [1.165, 1.54) is 12.1 Å². The average molecular weight is 295 g/mol. The van der Waals surface area contributed by atoms with E-state index < -0.39 is 0 Å². The van der Waals surface area contributed by atoms with Crippen molar-refractivity contribution in [1.82, 2.24) is 9.97 Å². The summed E-state index contributed by atoms with van der Waals surface area (Å²) in [6, 6.07) is 14.1. The number of aromatic nitrogens is 2. The fourth-order valence-corrected chi connectivity index (χ4v) is 2.54. The summed E-state index contributed by atoms with van der Waals surface area (Å²) in [5.41, 5.74) is 2.73. The molecule has 2 aromatic carbocycles. The molecule has 2 N–H and O–H groups in total. The summed E-state index contributed by atoms with van der Waals surface area (Å²) in [4.78, 5) is 7.61. The first kappa shape index (κ1) is 12.9. The highest BCUT2D eigenvalue weighted by atomic mass is 19.1. The zero-order valence-electron chi connectivity index (χ0n) is 11.7. The molecule has 0 saturated heterocycles. The van der Waals surface area contributed by atoms with E-state index in [0.717, 1.165) is 22.7 Å². The standard InChI is InChI=1S/C17H14FN3O/c18-12-7-5-11(6-8-12)17-20-9-14(21-17)16-10-19-13-3-1-2-4-15(13)22-16/h1-9,16,19H,10H2,(H,20,21). The molecule has 4 nitrogen and oxygen atoms in total. The third kappa shape index (κ3) is 2.30. The van der Waals surface area contributed by atoms with Crippen LogP contribution < -0.4 is 10.1 Å². The summed E-state index contributed by atoms with van der Waals surface area (Å²) < 4.78 is 19.0. The van der Waals surface area contributed by atoms with Crippen LogP contribution in [0.1, 0.15) is 11.8 Å². The van der Waals surface area contributed by atoms with Crippen molar-refractivity contribution in [2.24, 2.45) is 0 Å². The zero-order valence-corrected chi connectivity index (χ0v) is 11.7. The minimum absolute atomic E-state index is 0.128. The molecule has 0 aliphatic carbocycles. The first-order valence-electron chi connectivity index (χ1n) is 7.10. The Bertz CT molecular complexity index is 798. The van der Waals surface area contributed by atoms with Crippen molar-refractivity contribution >= 4 is 5.69 Å². The minimum atomic E-state index is -0.257. The molecule has 0 saturated carbocycles. The quantitative estimate of drug-likeness (QED) is 0.757. The maximum Gasteiger partial charge on any atom is 0.157 e. The van der Waals surface area contributed by atoms with E-state index in [1.807, 2.05) is 24.3 Å². The fraction of sp³-hybridized carbons (Fsp3) is 0.118. The predicted molar refractivity (Wildman–Crippen MR) is 82.3 cm³/mol. The number of H-pyrrole nitrogens is 1. The van der Waals surface area contributed by atoms with Crippen LogP contribution >= 0.6 is 0 Å². The first-order chi connectivity index (χ1) is 10.8. The van der Waals surface area contributed by atoms with Gasteiger partial charge >= 0.3 is 0 Å². The lowest BCUT2D eigenvalue weighted by molar-refractivity contribution is 0.206. The van der Waals surface area contributed by atoms with Gasteiger partial charge in [-0.25, -0.2) is 9.37 Å². The molecule has 0 spiro atoms. The van der Waals surface area contributed by atoms with Gasteiger partial charge in [-0.1, -0.05) is 12.1 Å². The van der Waals surface area contributed by atoms with Crippen LogP contribution in [-0.4, -0.2) is 16.5 Å². The van der Waals surface area contributed by atoms with Gasteiger partial charge in [-0.05, 0) is 36.4 Å². The lowest BCUT2D eigenvalue weighted by atomic mass is 10.2. The second kappa shape index (κ2) is 5.18. The van der Waals surface area contributed by atoms with E-state index >= 15 is 0 Å². The molecule has 4 rings (SSSR count). The molecule has 2 heterocycles. The van der Waals surface area contributed by atoms with Crippen molar-refractivity contribution in [2.75, 3.05) is 11.9 Å². The smallest absolute Gasteiger partial charge is 0.157 e. The van der Waals surface area contributed by atoms with Crippen LogP contribution in [0.2, 0.25) is 0 Å². The lowest BCUT2D eigenvalue weighted by Gasteiger charge is -2.26. The second-order valence-corrected chi connectivity index (χ2v) is 5.18. The van der Waals surface area contributed by atoms with E-state index in [-0.39, 0.29) is 11.9 Å². The number of anilines is 1. The number of nitrogens with one attached hydrogen (secondary N) is 2. The Labute approximate surface area is 127 Å². The monoisotopic (exact) mass is 295 g/mol. The van der Waals surface area contributed by atoms with Gasteiger partial charge in [0.2, 0.25) is 0 Å². The Morgan fingerprint density at radius 3 is 2.77 bits per heavy atom. The van der Waals surface area contributed by atoms with Gasteiger partial charge in [-0.3, -0.25) is 0 Å². The SMILES string of the molecule is Fc1ccc(-c2ncc(C3CNc4ccccc4O3)[nH]2)cc1. The highest BCUT2D eigenvalue weighted by molar-refractivity contribution is 5.58. The zero-order chi connectivity index (χ0) is 14.9. The first-order valence-corrected chi connectivity index (χ1v) is 7.10. The third-order valence-electron chi connectivity index (χ3n) is 3.69. The van der Waals surface area contributed by atoms with Gasteiger partial charge in [0.05, 0.1) is 24.1 Å². The molecule has 110 valence electrons. The Morgan fingerprint density at radius 1 is 1.09 bits per heavy atom. The fourth-order valence-electron chi connectivity index (χ4n) is 2.54. The van der Waals surface area contributed by atoms with Crippen LogP contribution in [0.25, 0.3) is 11.4 Å². The number of hydrogen-bond acceptors (Lipinski definition) is 3. The topological polar surface area (TPSA) is 49.9 Å². The van der Waals surface area contributed by atoms with E-state index in [0.29, 0.717) is 12.4 Å². The van der Waals surface area contributed by atoms with Crippen LogP contribution in [0.4, 0.5) is 10.1 Å². The number of halogens is 1. The Kier molecular flexibility index (Phi) is 3.04. The summed E-state index contributed by atoms with van der Waals surface area (Å²) in [7, 11) is 0. The van der Waals surface area contributed by atoms with E-state index in [2.05, 4.69) is 15.3 Å². The second-order valence-electron chi connectivity index (χ2n) is 5.18. The molecule has 1 atom stereocenters. The summed E-state index contributed by atoms with van der Waals surface area (Å²) in [5.74, 6) is 1.28. The molecule has 1 aliphatic heterocycles. The number of hydrogen-bond donors (Lipinski definition) is 2. The van der Waals surface area contributed by atoms with Crippen molar-refractivity contribution in [1.29, 1.82) is 0 Å². The van der Waals surface area contributed by atoms with Crippen LogP contribution in [0.15, 0.2) is 54.7 Å². The molecule has 1 aliphatic rings. The molecular formula is C17H14FN3O. The van der Waals surface area contributed by atoms with E-state index in [9.17, 15) is 4.39 Å². The van der Waals surface area contributed by atoms with Gasteiger partial charge in [0, 0.05) is 5.56 Å². The average Bonchev–Trinajstić information content (AvgIpc) is 3.05. The molecule has 3 aromatic rings. The summed E-state index contributed by atoms with van der Waals surface area (Å²) in [6.45, 7) is 0.669. The normalized spacial score (nSPS) is 16.5. The van der Waals surface area contributed by atoms with Crippen molar-refractivity contribution < 1.29 is 9.13 Å². The predicted octanol–water partition coefficient (Wildman–Crippen LogP) is 3.76. The largest absolute Gasteiger partial charge is 0.480 e. The number of imidazole rings is 1. The Balaban J connectivity index is 1.59. The number of fused-ring (bicyclic) bond motifs is 1. The Hall–Kier alpha value is -2.82. The van der Waals surface area contributed by atoms with E-state index in [4.69, 9.17) is 4.74 Å². The summed E-state index contributed by atoms with van der Waals surface area (Å²) in [6.07, 6.45) is 1.63. The van der Waals surface area contributed by atoms with Gasteiger partial charge in [0.25, 0.3) is 0 Å². The molecule has 0 bridgehead atoms. The minimum Gasteiger partial charge on any atom is -0.480 e. The number of ether oxygens (including phenoxy) is 1. The summed E-state index contributed by atoms with van der Waals surface area (Å²) >= 11 is 0. The highest BCUT2D eigenvalue weighted by Gasteiger charge is 2.22. The van der Waals surface area contributed by atoms with Gasteiger partial charge in [-0.15, -0.1) is 0 Å². The summed E-state index contributed by atoms with van der Waals surface area (Å²) in [5, 5.41) is 3.35. The maximum atomic E-state index is 13.0. The van der Waals surface area contributed by atoms with Gasteiger partial charge in [-0.2, -0.15) is 0 Å². The van der Waals surface area contributed by atoms with E-state index in [1.54, 1.807) is 18.3 Å². The third-order valence-corrected chi connectivity index (χ3v) is 3.69. The number of nitrogens with zero attached hydrogens (tertiary/aromatic N) is 1. The lowest BCUT2D eigenvalue weighted by Crippen LogP contribution is -2.23. The van der Waals surface area contributed by atoms with Crippen molar-refractivity contribution in [3.05, 3.63) is 66.2 Å². The molecule has 0 fully saturated rings. The molecule has 5 heteroatoms. The van der Waals surface area contributed by atoms with Crippen LogP contribution in [0.3, 0.4) is 0 Å². The van der Waals surface area contributed by atoms with Gasteiger partial charge in [0.15, 0.2) is 6.10 Å². The molecule has 1 aromatic heterocycles. The molecule has 1 unspecified atom stereocenters. The van der Waals surface area contributed by atoms with Crippen LogP contribution in [-0.2, 0) is 0 Å². The van der Waals surface area contributed by atoms with Crippen molar-refractivity contribution in [2.45, 2.75) is 6.10 Å². The Morgan fingerprint density at radius 2 is 1.91 bits per heavy atom.